The van der Waals surface area contributed by atoms with Gasteiger partial charge >= 0.3 is 0 Å². The van der Waals surface area contributed by atoms with Crippen molar-refractivity contribution in [2.75, 3.05) is 18.5 Å². The molecule has 1 saturated heterocycles. The molecule has 0 aliphatic carbocycles. The van der Waals surface area contributed by atoms with Crippen LogP contribution in [-0.2, 0) is 4.74 Å². The van der Waals surface area contributed by atoms with Crippen LogP contribution in [-0.4, -0.2) is 24.4 Å². The third-order valence-electron chi connectivity index (χ3n) is 3.50. The van der Waals surface area contributed by atoms with Crippen LogP contribution in [0.15, 0.2) is 18.2 Å². The number of para-hydroxylation sites is 1. The summed E-state index contributed by atoms with van der Waals surface area (Å²) in [6.07, 6.45) is 3.80. The van der Waals surface area contributed by atoms with E-state index in [1.54, 1.807) is 0 Å². The van der Waals surface area contributed by atoms with Gasteiger partial charge in [-0.05, 0) is 56.5 Å². The number of hydrogen-bond acceptors (Lipinski definition) is 2. The molecule has 0 radical (unpaired) electrons. The van der Waals surface area contributed by atoms with Crippen molar-refractivity contribution in [1.29, 1.82) is 0 Å². The highest BCUT2D eigenvalue weighted by Crippen LogP contribution is 2.19. The van der Waals surface area contributed by atoms with Crippen molar-refractivity contribution in [2.45, 2.75) is 39.2 Å². The van der Waals surface area contributed by atoms with Crippen LogP contribution in [0.1, 0.15) is 30.4 Å². The molecule has 0 saturated carbocycles. The lowest BCUT2D eigenvalue weighted by atomic mass is 10.1. The minimum absolute atomic E-state index is 0.412. The van der Waals surface area contributed by atoms with Gasteiger partial charge in [0.1, 0.15) is 0 Å². The number of thiocarbonyl (C=S) groups is 1. The molecule has 1 aromatic rings. The summed E-state index contributed by atoms with van der Waals surface area (Å²) >= 11 is 5.33. The van der Waals surface area contributed by atoms with E-state index in [4.69, 9.17) is 17.0 Å². The fourth-order valence-electron chi connectivity index (χ4n) is 2.39. The molecule has 1 aliphatic heterocycles. The Bertz CT molecular complexity index is 422. The second kappa shape index (κ2) is 6.87. The first-order valence-electron chi connectivity index (χ1n) is 6.89. The second-order valence-corrected chi connectivity index (χ2v) is 5.48. The first kappa shape index (κ1) is 14.3. The number of aryl methyl sites for hydroxylation is 2. The topological polar surface area (TPSA) is 33.3 Å². The Kier molecular flexibility index (Phi) is 5.16. The van der Waals surface area contributed by atoms with Crippen LogP contribution in [0.5, 0.6) is 0 Å². The van der Waals surface area contributed by atoms with E-state index in [2.05, 4.69) is 42.7 Å². The molecule has 0 spiro atoms. The average Bonchev–Trinajstić information content (AvgIpc) is 2.87. The van der Waals surface area contributed by atoms with Crippen LogP contribution in [0.3, 0.4) is 0 Å². The van der Waals surface area contributed by atoms with Crippen LogP contribution in [0, 0.1) is 13.8 Å². The Morgan fingerprint density at radius 3 is 2.74 bits per heavy atom. The lowest BCUT2D eigenvalue weighted by Gasteiger charge is -2.15. The van der Waals surface area contributed by atoms with Gasteiger partial charge < -0.3 is 15.4 Å². The van der Waals surface area contributed by atoms with Gasteiger partial charge in [0.15, 0.2) is 5.11 Å². The zero-order chi connectivity index (χ0) is 13.7. The second-order valence-electron chi connectivity index (χ2n) is 5.07. The minimum Gasteiger partial charge on any atom is -0.378 e. The van der Waals surface area contributed by atoms with Crippen molar-refractivity contribution in [3.63, 3.8) is 0 Å². The predicted molar refractivity (Wildman–Crippen MR) is 83.7 cm³/mol. The number of ether oxygens (including phenoxy) is 1. The van der Waals surface area contributed by atoms with Crippen molar-refractivity contribution in [3.05, 3.63) is 29.3 Å². The molecule has 1 heterocycles. The molecule has 1 atom stereocenters. The van der Waals surface area contributed by atoms with Gasteiger partial charge in [0.2, 0.25) is 0 Å². The SMILES string of the molecule is Cc1cccc(C)c1NC(=S)NCCC1CCCO1. The maximum absolute atomic E-state index is 5.59. The highest BCUT2D eigenvalue weighted by atomic mass is 32.1. The summed E-state index contributed by atoms with van der Waals surface area (Å²) in [6, 6.07) is 6.23. The number of nitrogens with one attached hydrogen (secondary N) is 2. The van der Waals surface area contributed by atoms with Gasteiger partial charge in [-0.25, -0.2) is 0 Å². The van der Waals surface area contributed by atoms with Gasteiger partial charge in [0.25, 0.3) is 0 Å². The largest absolute Gasteiger partial charge is 0.378 e. The maximum Gasteiger partial charge on any atom is 0.170 e. The smallest absolute Gasteiger partial charge is 0.170 e. The van der Waals surface area contributed by atoms with E-state index >= 15 is 0 Å². The van der Waals surface area contributed by atoms with Crippen LogP contribution in [0.2, 0.25) is 0 Å². The van der Waals surface area contributed by atoms with E-state index in [9.17, 15) is 0 Å². The molecule has 1 fully saturated rings. The van der Waals surface area contributed by atoms with E-state index in [-0.39, 0.29) is 0 Å². The number of hydrogen-bond donors (Lipinski definition) is 2. The zero-order valence-electron chi connectivity index (χ0n) is 11.7. The minimum atomic E-state index is 0.412. The third-order valence-corrected chi connectivity index (χ3v) is 3.74. The molecule has 0 aromatic heterocycles. The van der Waals surface area contributed by atoms with Crippen LogP contribution in [0.4, 0.5) is 5.69 Å². The van der Waals surface area contributed by atoms with Gasteiger partial charge in [-0.2, -0.15) is 0 Å². The van der Waals surface area contributed by atoms with E-state index in [1.807, 2.05) is 0 Å². The number of benzene rings is 1. The molecule has 0 amide bonds. The van der Waals surface area contributed by atoms with E-state index in [1.165, 1.54) is 24.0 Å². The third kappa shape index (κ3) is 4.18. The Morgan fingerprint density at radius 1 is 1.37 bits per heavy atom. The normalized spacial score (nSPS) is 18.3. The van der Waals surface area contributed by atoms with Crippen molar-refractivity contribution in [3.8, 4) is 0 Å². The summed E-state index contributed by atoms with van der Waals surface area (Å²) in [4.78, 5) is 0. The monoisotopic (exact) mass is 278 g/mol. The Balaban J connectivity index is 1.77. The Morgan fingerprint density at radius 2 is 2.11 bits per heavy atom. The molecule has 1 aromatic carbocycles. The molecule has 104 valence electrons. The predicted octanol–water partition coefficient (Wildman–Crippen LogP) is 3.16. The lowest BCUT2D eigenvalue weighted by molar-refractivity contribution is 0.105. The fourth-order valence-corrected chi connectivity index (χ4v) is 2.59. The van der Waals surface area contributed by atoms with Crippen LogP contribution >= 0.6 is 12.2 Å². The van der Waals surface area contributed by atoms with Crippen LogP contribution < -0.4 is 10.6 Å². The van der Waals surface area contributed by atoms with E-state index in [0.29, 0.717) is 11.2 Å². The molecule has 4 heteroatoms. The quantitative estimate of drug-likeness (QED) is 0.829. The summed E-state index contributed by atoms with van der Waals surface area (Å²) in [5, 5.41) is 7.23. The molecule has 1 unspecified atom stereocenters. The lowest BCUT2D eigenvalue weighted by Crippen LogP contribution is -2.31. The van der Waals surface area contributed by atoms with Crippen LogP contribution in [0.25, 0.3) is 0 Å². The number of rotatable bonds is 4. The average molecular weight is 278 g/mol. The van der Waals surface area contributed by atoms with E-state index in [0.717, 1.165) is 25.3 Å². The summed E-state index contributed by atoms with van der Waals surface area (Å²) in [5.41, 5.74) is 3.53. The molecule has 2 rings (SSSR count). The Hall–Kier alpha value is -1.13. The molecule has 2 N–H and O–H groups in total. The summed E-state index contributed by atoms with van der Waals surface area (Å²) in [5.74, 6) is 0. The molecule has 3 nitrogen and oxygen atoms in total. The first-order valence-corrected chi connectivity index (χ1v) is 7.30. The fraction of sp³-hybridized carbons (Fsp3) is 0.533. The van der Waals surface area contributed by atoms with Gasteiger partial charge in [-0.3, -0.25) is 0 Å². The highest BCUT2D eigenvalue weighted by Gasteiger charge is 2.14. The molecular weight excluding hydrogens is 256 g/mol. The van der Waals surface area contributed by atoms with Gasteiger partial charge in [-0.1, -0.05) is 18.2 Å². The summed E-state index contributed by atoms with van der Waals surface area (Å²) in [6.45, 7) is 5.95. The number of anilines is 1. The van der Waals surface area contributed by atoms with E-state index < -0.39 is 0 Å². The molecule has 1 aliphatic rings. The van der Waals surface area contributed by atoms with Crippen molar-refractivity contribution < 1.29 is 4.74 Å². The maximum atomic E-state index is 5.59. The van der Waals surface area contributed by atoms with Gasteiger partial charge in [0.05, 0.1) is 6.10 Å². The zero-order valence-corrected chi connectivity index (χ0v) is 12.5. The molecule has 19 heavy (non-hydrogen) atoms. The standard InChI is InChI=1S/C15H22N2OS/c1-11-5-3-6-12(2)14(11)17-15(19)16-9-8-13-7-4-10-18-13/h3,5-6,13H,4,7-10H2,1-2H3,(H2,16,17,19). The van der Waals surface area contributed by atoms with Gasteiger partial charge in [-0.15, -0.1) is 0 Å². The molecule has 0 bridgehead atoms. The van der Waals surface area contributed by atoms with Crippen molar-refractivity contribution in [1.82, 2.24) is 5.32 Å². The first-order chi connectivity index (χ1) is 9.16. The molecular formula is C15H22N2OS. The summed E-state index contributed by atoms with van der Waals surface area (Å²) < 4.78 is 5.59. The van der Waals surface area contributed by atoms with Gasteiger partial charge in [0, 0.05) is 18.8 Å². The van der Waals surface area contributed by atoms with Crippen molar-refractivity contribution in [2.24, 2.45) is 0 Å². The highest BCUT2D eigenvalue weighted by molar-refractivity contribution is 7.80. The summed E-state index contributed by atoms with van der Waals surface area (Å²) in [7, 11) is 0. The Labute approximate surface area is 120 Å². The van der Waals surface area contributed by atoms with Crippen molar-refractivity contribution >= 4 is 23.0 Å².